The van der Waals surface area contributed by atoms with Crippen molar-refractivity contribution in [2.45, 2.75) is 18.6 Å². The molecule has 2 unspecified atom stereocenters. The second kappa shape index (κ2) is 5.09. The molecule has 0 bridgehead atoms. The van der Waals surface area contributed by atoms with Gasteiger partial charge in [0.1, 0.15) is 11.9 Å². The highest BCUT2D eigenvalue weighted by Crippen LogP contribution is 2.19. The van der Waals surface area contributed by atoms with Gasteiger partial charge in [-0.2, -0.15) is 0 Å². The van der Waals surface area contributed by atoms with Gasteiger partial charge in [0.05, 0.1) is 11.9 Å². The first kappa shape index (κ1) is 12.4. The SMILES string of the molecule is NC1CC(C(=O)Nc2ccc(Br)cc2F)NN1. The maximum Gasteiger partial charge on any atom is 0.243 e. The molecule has 17 heavy (non-hydrogen) atoms. The van der Waals surface area contributed by atoms with Crippen LogP contribution in [0.15, 0.2) is 22.7 Å². The van der Waals surface area contributed by atoms with Gasteiger partial charge in [-0.05, 0) is 18.2 Å². The number of amides is 1. The normalized spacial score (nSPS) is 23.7. The van der Waals surface area contributed by atoms with Gasteiger partial charge in [0.15, 0.2) is 0 Å². The van der Waals surface area contributed by atoms with Gasteiger partial charge in [0.2, 0.25) is 5.91 Å². The molecule has 92 valence electrons. The molecule has 0 aromatic heterocycles. The third-order valence-corrected chi connectivity index (χ3v) is 2.93. The van der Waals surface area contributed by atoms with E-state index >= 15 is 0 Å². The molecule has 1 heterocycles. The minimum atomic E-state index is -0.483. The fourth-order valence-electron chi connectivity index (χ4n) is 1.56. The molecule has 1 aliphatic rings. The molecule has 2 atom stereocenters. The molecule has 0 radical (unpaired) electrons. The number of benzene rings is 1. The number of anilines is 1. The van der Waals surface area contributed by atoms with Crippen molar-refractivity contribution >= 4 is 27.5 Å². The van der Waals surface area contributed by atoms with Crippen molar-refractivity contribution in [3.63, 3.8) is 0 Å². The Labute approximate surface area is 106 Å². The van der Waals surface area contributed by atoms with Gasteiger partial charge < -0.3 is 11.1 Å². The second-order valence-electron chi connectivity index (χ2n) is 3.80. The van der Waals surface area contributed by atoms with Crippen LogP contribution >= 0.6 is 15.9 Å². The predicted octanol–water partition coefficient (Wildman–Crippen LogP) is 0.678. The summed E-state index contributed by atoms with van der Waals surface area (Å²) in [5, 5.41) is 2.51. The van der Waals surface area contributed by atoms with Crippen LogP contribution in [-0.4, -0.2) is 18.1 Å². The molecule has 1 saturated heterocycles. The van der Waals surface area contributed by atoms with Crippen LogP contribution < -0.4 is 21.9 Å². The number of nitrogens with two attached hydrogens (primary N) is 1. The maximum absolute atomic E-state index is 13.5. The average molecular weight is 303 g/mol. The fourth-order valence-corrected chi connectivity index (χ4v) is 1.90. The molecule has 1 aromatic rings. The van der Waals surface area contributed by atoms with Gasteiger partial charge in [-0.15, -0.1) is 0 Å². The van der Waals surface area contributed by atoms with Gasteiger partial charge in [0, 0.05) is 10.9 Å². The van der Waals surface area contributed by atoms with E-state index in [0.717, 1.165) is 0 Å². The van der Waals surface area contributed by atoms with Crippen LogP contribution in [0.2, 0.25) is 0 Å². The lowest BCUT2D eigenvalue weighted by Crippen LogP contribution is -2.41. The van der Waals surface area contributed by atoms with Crippen LogP contribution in [0.4, 0.5) is 10.1 Å². The first-order valence-electron chi connectivity index (χ1n) is 5.09. The molecule has 1 amide bonds. The minimum absolute atomic E-state index is 0.153. The number of rotatable bonds is 2. The lowest BCUT2D eigenvalue weighted by Gasteiger charge is -2.11. The Bertz CT molecular complexity index is 442. The molecular formula is C10H12BrFN4O. The summed E-state index contributed by atoms with van der Waals surface area (Å²) in [5.74, 6) is -0.797. The Morgan fingerprint density at radius 2 is 2.29 bits per heavy atom. The van der Waals surface area contributed by atoms with Crippen molar-refractivity contribution in [2.24, 2.45) is 5.73 Å². The van der Waals surface area contributed by atoms with Crippen LogP contribution in [-0.2, 0) is 4.79 Å². The Kier molecular flexibility index (Phi) is 3.72. The van der Waals surface area contributed by atoms with Crippen LogP contribution in [0, 0.1) is 5.82 Å². The van der Waals surface area contributed by atoms with Crippen molar-refractivity contribution < 1.29 is 9.18 Å². The summed E-state index contributed by atoms with van der Waals surface area (Å²) in [6.45, 7) is 0. The lowest BCUT2D eigenvalue weighted by atomic mass is 10.2. The standard InChI is InChI=1S/C10H12BrFN4O/c11-5-1-2-7(6(12)3-5)14-10(17)8-4-9(13)16-15-8/h1-3,8-9,15-16H,4,13H2,(H,14,17). The number of hydrogen-bond acceptors (Lipinski definition) is 4. The van der Waals surface area contributed by atoms with E-state index in [1.165, 1.54) is 12.1 Å². The third kappa shape index (κ3) is 3.01. The summed E-state index contributed by atoms with van der Waals surface area (Å²) in [4.78, 5) is 11.7. The van der Waals surface area contributed by atoms with Crippen molar-refractivity contribution in [2.75, 3.05) is 5.32 Å². The van der Waals surface area contributed by atoms with Gasteiger partial charge in [-0.3, -0.25) is 4.79 Å². The van der Waals surface area contributed by atoms with Gasteiger partial charge in [0.25, 0.3) is 0 Å². The predicted molar refractivity (Wildman–Crippen MR) is 65.4 cm³/mol. The van der Waals surface area contributed by atoms with Crippen LogP contribution in [0.3, 0.4) is 0 Å². The molecule has 1 fully saturated rings. The van der Waals surface area contributed by atoms with E-state index in [-0.39, 0.29) is 17.8 Å². The molecular weight excluding hydrogens is 291 g/mol. The zero-order valence-corrected chi connectivity index (χ0v) is 10.4. The maximum atomic E-state index is 13.5. The highest BCUT2D eigenvalue weighted by atomic mass is 79.9. The minimum Gasteiger partial charge on any atom is -0.322 e. The second-order valence-corrected chi connectivity index (χ2v) is 4.71. The van der Waals surface area contributed by atoms with E-state index in [2.05, 4.69) is 32.1 Å². The van der Waals surface area contributed by atoms with Crippen molar-refractivity contribution in [3.05, 3.63) is 28.5 Å². The van der Waals surface area contributed by atoms with Gasteiger partial charge in [-0.1, -0.05) is 15.9 Å². The summed E-state index contributed by atoms with van der Waals surface area (Å²) in [5.41, 5.74) is 11.2. The zero-order chi connectivity index (χ0) is 12.4. The lowest BCUT2D eigenvalue weighted by molar-refractivity contribution is -0.117. The van der Waals surface area contributed by atoms with E-state index in [1.54, 1.807) is 6.07 Å². The van der Waals surface area contributed by atoms with E-state index in [9.17, 15) is 9.18 Å². The van der Waals surface area contributed by atoms with Gasteiger partial charge >= 0.3 is 0 Å². The van der Waals surface area contributed by atoms with Crippen LogP contribution in [0.1, 0.15) is 6.42 Å². The molecule has 0 aliphatic carbocycles. The monoisotopic (exact) mass is 302 g/mol. The molecule has 5 N–H and O–H groups in total. The van der Waals surface area contributed by atoms with Crippen molar-refractivity contribution in [1.82, 2.24) is 10.9 Å². The third-order valence-electron chi connectivity index (χ3n) is 2.44. The summed E-state index contributed by atoms with van der Waals surface area (Å²) in [7, 11) is 0. The van der Waals surface area contributed by atoms with Gasteiger partial charge in [-0.25, -0.2) is 15.2 Å². The number of nitrogens with one attached hydrogen (secondary N) is 3. The van der Waals surface area contributed by atoms with E-state index in [4.69, 9.17) is 5.73 Å². The Morgan fingerprint density at radius 3 is 2.88 bits per heavy atom. The molecule has 1 aliphatic heterocycles. The van der Waals surface area contributed by atoms with Crippen molar-refractivity contribution in [3.8, 4) is 0 Å². The Morgan fingerprint density at radius 1 is 1.53 bits per heavy atom. The van der Waals surface area contributed by atoms with Crippen molar-refractivity contribution in [1.29, 1.82) is 0 Å². The number of carbonyl (C=O) groups is 1. The summed E-state index contributed by atoms with van der Waals surface area (Å²) < 4.78 is 14.1. The summed E-state index contributed by atoms with van der Waals surface area (Å²) in [6.07, 6.45) is 0.199. The summed E-state index contributed by atoms with van der Waals surface area (Å²) >= 11 is 3.15. The number of hydrazine groups is 1. The molecule has 2 rings (SSSR count). The highest BCUT2D eigenvalue weighted by molar-refractivity contribution is 9.10. The van der Waals surface area contributed by atoms with E-state index in [0.29, 0.717) is 10.9 Å². The highest BCUT2D eigenvalue weighted by Gasteiger charge is 2.27. The van der Waals surface area contributed by atoms with Crippen LogP contribution in [0.25, 0.3) is 0 Å². The molecule has 1 aromatic carbocycles. The summed E-state index contributed by atoms with van der Waals surface area (Å²) in [6, 6.07) is 4.00. The Hall–Kier alpha value is -1.02. The molecule has 0 saturated carbocycles. The number of carbonyl (C=O) groups excluding carboxylic acids is 1. The quantitative estimate of drug-likeness (QED) is 0.648. The smallest absolute Gasteiger partial charge is 0.243 e. The first-order valence-corrected chi connectivity index (χ1v) is 5.88. The molecule has 7 heteroatoms. The number of hydrogen-bond donors (Lipinski definition) is 4. The van der Waals surface area contributed by atoms with Crippen LogP contribution in [0.5, 0.6) is 0 Å². The van der Waals surface area contributed by atoms with E-state index < -0.39 is 11.9 Å². The van der Waals surface area contributed by atoms with E-state index in [1.807, 2.05) is 0 Å². The molecule has 5 nitrogen and oxygen atoms in total. The Balaban J connectivity index is 2.03. The average Bonchev–Trinajstić information content (AvgIpc) is 2.69. The zero-order valence-electron chi connectivity index (χ0n) is 8.84. The number of halogens is 2. The largest absolute Gasteiger partial charge is 0.322 e. The first-order chi connectivity index (χ1) is 8.06. The fraction of sp³-hybridized carbons (Fsp3) is 0.300. The topological polar surface area (TPSA) is 79.2 Å². The molecule has 0 spiro atoms.